The number of para-hydroxylation sites is 1. The van der Waals surface area contributed by atoms with Gasteiger partial charge in [0.1, 0.15) is 16.6 Å². The van der Waals surface area contributed by atoms with Gasteiger partial charge in [-0.05, 0) is 78.4 Å². The van der Waals surface area contributed by atoms with E-state index in [1.807, 2.05) is 41.8 Å². The zero-order valence-electron chi connectivity index (χ0n) is 22.1. The quantitative estimate of drug-likeness (QED) is 0.542. The average Bonchev–Trinajstić information content (AvgIpc) is 3.24. The first-order valence-electron chi connectivity index (χ1n) is 12.2. The Bertz CT molecular complexity index is 1070. The van der Waals surface area contributed by atoms with Crippen LogP contribution in [0.5, 0.6) is 0 Å². The molecule has 3 atom stereocenters. The lowest BCUT2D eigenvalue weighted by atomic mass is 9.94. The molecular weight excluding hydrogens is 462 g/mol. The summed E-state index contributed by atoms with van der Waals surface area (Å²) in [5, 5.41) is 10.1. The van der Waals surface area contributed by atoms with E-state index in [9.17, 15) is 19.5 Å². The van der Waals surface area contributed by atoms with Crippen LogP contribution in [0.4, 0.5) is 9.59 Å². The molecule has 0 spiro atoms. The Morgan fingerprint density at radius 2 is 1.64 bits per heavy atom. The second-order valence-electron chi connectivity index (χ2n) is 11.6. The van der Waals surface area contributed by atoms with Crippen LogP contribution < -0.4 is 0 Å². The van der Waals surface area contributed by atoms with Gasteiger partial charge in [-0.1, -0.05) is 25.1 Å². The van der Waals surface area contributed by atoms with Gasteiger partial charge in [0, 0.05) is 18.4 Å². The number of hydrogen-bond acceptors (Lipinski definition) is 6. The molecule has 0 aliphatic heterocycles. The fraction of sp³-hybridized carbons (Fsp3) is 0.556. The topological polar surface area (TPSA) is 111 Å². The number of amides is 2. The number of nitrogens with zero attached hydrogens (tertiary/aromatic N) is 3. The summed E-state index contributed by atoms with van der Waals surface area (Å²) in [4.78, 5) is 43.4. The van der Waals surface area contributed by atoms with Gasteiger partial charge in [-0.2, -0.15) is 0 Å². The normalized spacial score (nSPS) is 20.4. The second kappa shape index (κ2) is 9.95. The first-order valence-corrected chi connectivity index (χ1v) is 12.2. The van der Waals surface area contributed by atoms with E-state index in [-0.39, 0.29) is 18.4 Å². The molecule has 36 heavy (non-hydrogen) atoms. The number of carbonyl (C=O) groups is 3. The molecule has 1 unspecified atom stereocenters. The van der Waals surface area contributed by atoms with E-state index in [4.69, 9.17) is 9.47 Å². The number of imide groups is 1. The van der Waals surface area contributed by atoms with Crippen LogP contribution in [-0.4, -0.2) is 55.5 Å². The maximum atomic E-state index is 12.8. The minimum atomic E-state index is -1.09. The van der Waals surface area contributed by atoms with E-state index in [2.05, 4.69) is 4.98 Å². The van der Waals surface area contributed by atoms with Crippen LogP contribution in [0.2, 0.25) is 0 Å². The van der Waals surface area contributed by atoms with Crippen molar-refractivity contribution in [3.63, 3.8) is 0 Å². The van der Waals surface area contributed by atoms with E-state index in [1.165, 1.54) is 0 Å². The van der Waals surface area contributed by atoms with Crippen molar-refractivity contribution in [1.82, 2.24) is 14.5 Å². The zero-order chi connectivity index (χ0) is 26.9. The van der Waals surface area contributed by atoms with Crippen molar-refractivity contribution in [1.29, 1.82) is 0 Å². The number of aromatic nitrogens is 2. The van der Waals surface area contributed by atoms with Crippen LogP contribution >= 0.6 is 0 Å². The van der Waals surface area contributed by atoms with Crippen molar-refractivity contribution in [2.45, 2.75) is 77.9 Å². The van der Waals surface area contributed by atoms with E-state index in [1.54, 1.807) is 54.1 Å². The Hall–Kier alpha value is -3.36. The summed E-state index contributed by atoms with van der Waals surface area (Å²) >= 11 is 0. The molecule has 0 radical (unpaired) electrons. The van der Waals surface area contributed by atoms with Crippen LogP contribution in [0.3, 0.4) is 0 Å². The van der Waals surface area contributed by atoms with E-state index >= 15 is 0 Å². The molecule has 0 saturated heterocycles. The fourth-order valence-electron chi connectivity index (χ4n) is 4.32. The second-order valence-corrected chi connectivity index (χ2v) is 11.6. The smallest absolute Gasteiger partial charge is 0.419 e. The maximum absolute atomic E-state index is 12.8. The van der Waals surface area contributed by atoms with Gasteiger partial charge in [0.05, 0.1) is 12.0 Å². The van der Waals surface area contributed by atoms with E-state index in [0.717, 1.165) is 10.6 Å². The number of aliphatic carboxylic acids is 1. The Kier molecular flexibility index (Phi) is 7.53. The predicted molar refractivity (Wildman–Crippen MR) is 134 cm³/mol. The van der Waals surface area contributed by atoms with Gasteiger partial charge < -0.3 is 19.1 Å². The molecule has 1 aliphatic carbocycles. The third kappa shape index (κ3) is 6.44. The summed E-state index contributed by atoms with van der Waals surface area (Å²) in [6, 6.07) is 9.58. The number of rotatable bonds is 7. The monoisotopic (exact) mass is 499 g/mol. The van der Waals surface area contributed by atoms with Crippen molar-refractivity contribution in [2.75, 3.05) is 6.54 Å². The number of carbonyl (C=O) groups excluding carboxylic acids is 2. The van der Waals surface area contributed by atoms with Crippen molar-refractivity contribution in [3.05, 3.63) is 48.5 Å². The molecule has 1 fully saturated rings. The summed E-state index contributed by atoms with van der Waals surface area (Å²) in [6.07, 6.45) is 2.75. The summed E-state index contributed by atoms with van der Waals surface area (Å²) in [6.45, 7) is 12.3. The largest absolute Gasteiger partial charge is 0.481 e. The third-order valence-electron chi connectivity index (χ3n) is 5.99. The molecule has 3 rings (SSSR count). The Labute approximate surface area is 212 Å². The minimum absolute atomic E-state index is 0.0501. The molecule has 196 valence electrons. The summed E-state index contributed by atoms with van der Waals surface area (Å²) in [7, 11) is 0. The zero-order valence-corrected chi connectivity index (χ0v) is 22.1. The van der Waals surface area contributed by atoms with Crippen LogP contribution in [0.25, 0.3) is 5.69 Å². The van der Waals surface area contributed by atoms with Crippen molar-refractivity contribution in [2.24, 2.45) is 11.8 Å². The lowest BCUT2D eigenvalue weighted by Gasteiger charge is -2.30. The molecule has 1 saturated carbocycles. The van der Waals surface area contributed by atoms with Crippen LogP contribution in [-0.2, 0) is 19.7 Å². The number of carboxylic acid groups (broad SMARTS) is 1. The van der Waals surface area contributed by atoms with Gasteiger partial charge in [0.2, 0.25) is 0 Å². The summed E-state index contributed by atoms with van der Waals surface area (Å²) in [5.74, 6) is -1.29. The van der Waals surface area contributed by atoms with Crippen LogP contribution in [0.15, 0.2) is 42.9 Å². The van der Waals surface area contributed by atoms with Gasteiger partial charge in [-0.15, -0.1) is 0 Å². The first kappa shape index (κ1) is 27.2. The van der Waals surface area contributed by atoms with Gasteiger partial charge >= 0.3 is 18.2 Å². The molecule has 2 aromatic rings. The lowest BCUT2D eigenvalue weighted by Crippen LogP contribution is -2.45. The van der Waals surface area contributed by atoms with Gasteiger partial charge in [-0.3, -0.25) is 4.79 Å². The van der Waals surface area contributed by atoms with Gasteiger partial charge in [0.25, 0.3) is 0 Å². The minimum Gasteiger partial charge on any atom is -0.481 e. The molecule has 1 aromatic carbocycles. The average molecular weight is 500 g/mol. The van der Waals surface area contributed by atoms with Crippen molar-refractivity contribution >= 4 is 18.2 Å². The third-order valence-corrected chi connectivity index (χ3v) is 5.99. The molecule has 1 aromatic heterocycles. The van der Waals surface area contributed by atoms with E-state index < -0.39 is 34.8 Å². The number of carboxylic acids is 1. The summed E-state index contributed by atoms with van der Waals surface area (Å²) in [5.41, 5.74) is -1.25. The lowest BCUT2D eigenvalue weighted by molar-refractivity contribution is -0.140. The first-order chi connectivity index (χ1) is 16.6. The molecule has 2 amide bonds. The predicted octanol–water partition coefficient (Wildman–Crippen LogP) is 5.41. The molecular formula is C27H37N3O6. The Morgan fingerprint density at radius 1 is 1.08 bits per heavy atom. The molecule has 9 heteroatoms. The SMILES string of the molecule is CC(C[C@H]1C[C@]1(C(=O)O)c1cn(-c2ccccc2)cn1)CN(C(=O)OC(C)(C)C)C(=O)OC(C)(C)C. The molecule has 1 aliphatic rings. The Balaban J connectivity index is 1.74. The molecule has 1 N–H and O–H groups in total. The highest BCUT2D eigenvalue weighted by atomic mass is 16.6. The highest BCUT2D eigenvalue weighted by Gasteiger charge is 2.63. The van der Waals surface area contributed by atoms with E-state index in [0.29, 0.717) is 18.5 Å². The maximum Gasteiger partial charge on any atom is 0.419 e. The fourth-order valence-corrected chi connectivity index (χ4v) is 4.32. The van der Waals surface area contributed by atoms with Gasteiger partial charge in [-0.25, -0.2) is 19.5 Å². The number of ether oxygens (including phenoxy) is 2. The standard InChI is InChI=1S/C27H37N3O6/c1-18(15-30(23(33)35-25(2,3)4)24(34)36-26(5,6)7)13-19-14-27(19,22(31)32)21-16-29(17-28-21)20-11-9-8-10-12-20/h8-12,16-19H,13-15H2,1-7H3,(H,31,32)/t18?,19-,27+/m0/s1. The number of benzene rings is 1. The Morgan fingerprint density at radius 3 is 2.14 bits per heavy atom. The number of hydrogen-bond donors (Lipinski definition) is 1. The van der Waals surface area contributed by atoms with Crippen LogP contribution in [0.1, 0.15) is 67.0 Å². The molecule has 0 bridgehead atoms. The molecule has 1 heterocycles. The van der Waals surface area contributed by atoms with Crippen molar-refractivity contribution in [3.8, 4) is 5.69 Å². The number of imidazole rings is 1. The van der Waals surface area contributed by atoms with Crippen molar-refractivity contribution < 1.29 is 29.0 Å². The summed E-state index contributed by atoms with van der Waals surface area (Å²) < 4.78 is 12.7. The highest BCUT2D eigenvalue weighted by molar-refractivity contribution is 5.88. The van der Waals surface area contributed by atoms with Crippen LogP contribution in [0, 0.1) is 11.8 Å². The molecule has 9 nitrogen and oxygen atoms in total. The van der Waals surface area contributed by atoms with Gasteiger partial charge in [0.15, 0.2) is 0 Å². The highest BCUT2D eigenvalue weighted by Crippen LogP contribution is 2.57.